The molecule has 1 aliphatic heterocycles. The van der Waals surface area contributed by atoms with Gasteiger partial charge in [-0.15, -0.1) is 34.4 Å². The second kappa shape index (κ2) is 6.61. The van der Waals surface area contributed by atoms with Crippen molar-refractivity contribution < 1.29 is 9.90 Å². The van der Waals surface area contributed by atoms with E-state index in [9.17, 15) is 9.90 Å². The second-order valence-corrected chi connectivity index (χ2v) is 11.0. The Bertz CT molecular complexity index is 1160. The Hall–Kier alpha value is -1.82. The highest BCUT2D eigenvalue weighted by molar-refractivity contribution is 8.00. The molecule has 0 amide bonds. The van der Waals surface area contributed by atoms with E-state index in [1.807, 2.05) is 46.6 Å². The van der Waals surface area contributed by atoms with Crippen molar-refractivity contribution in [3.63, 3.8) is 0 Å². The zero-order valence-electron chi connectivity index (χ0n) is 15.7. The lowest BCUT2D eigenvalue weighted by Gasteiger charge is -2.29. The van der Waals surface area contributed by atoms with Crippen molar-refractivity contribution in [2.75, 3.05) is 5.75 Å². The minimum atomic E-state index is -0.879. The van der Waals surface area contributed by atoms with E-state index in [0.29, 0.717) is 11.5 Å². The van der Waals surface area contributed by atoms with Gasteiger partial charge >= 0.3 is 5.97 Å². The minimum absolute atomic E-state index is 0.0610. The van der Waals surface area contributed by atoms with Crippen LogP contribution in [0.2, 0.25) is 0 Å². The third kappa shape index (κ3) is 2.88. The number of carbonyl (C=O) groups is 1. The third-order valence-electron chi connectivity index (χ3n) is 5.64. The molecule has 3 aromatic rings. The van der Waals surface area contributed by atoms with Gasteiger partial charge in [0.25, 0.3) is 0 Å². The van der Waals surface area contributed by atoms with Crippen molar-refractivity contribution in [1.82, 2.24) is 0 Å². The average molecular weight is 425 g/mol. The van der Waals surface area contributed by atoms with Gasteiger partial charge in [0.05, 0.1) is 10.3 Å². The van der Waals surface area contributed by atoms with E-state index < -0.39 is 5.97 Å². The molecule has 2 aliphatic rings. The zero-order chi connectivity index (χ0) is 19.5. The summed E-state index contributed by atoms with van der Waals surface area (Å²) in [4.78, 5) is 15.8. The Labute approximate surface area is 176 Å². The van der Waals surface area contributed by atoms with Crippen LogP contribution in [0.25, 0.3) is 15.0 Å². The van der Waals surface area contributed by atoms with Crippen molar-refractivity contribution in [2.45, 2.75) is 36.5 Å². The quantitative estimate of drug-likeness (QED) is 0.484. The SMILES string of the molecule is CC1CSc2c1sc1cc(C3(C)C=CC=C(c4cccc(C(=O)O)c4)C3)sc21. The van der Waals surface area contributed by atoms with Crippen molar-refractivity contribution in [3.8, 4) is 0 Å². The van der Waals surface area contributed by atoms with Crippen LogP contribution in [0.5, 0.6) is 0 Å². The normalized spacial score (nSPS) is 23.8. The molecule has 2 aromatic heterocycles. The van der Waals surface area contributed by atoms with Crippen molar-refractivity contribution in [2.24, 2.45) is 0 Å². The van der Waals surface area contributed by atoms with E-state index >= 15 is 0 Å². The fraction of sp³-hybridized carbons (Fsp3) is 0.261. The van der Waals surface area contributed by atoms with Gasteiger partial charge in [-0.3, -0.25) is 0 Å². The Morgan fingerprint density at radius 3 is 2.93 bits per heavy atom. The van der Waals surface area contributed by atoms with Crippen LogP contribution in [-0.4, -0.2) is 16.8 Å². The molecule has 2 nitrogen and oxygen atoms in total. The molecule has 1 N–H and O–H groups in total. The van der Waals surface area contributed by atoms with Crippen LogP contribution in [0.4, 0.5) is 0 Å². The lowest BCUT2D eigenvalue weighted by atomic mass is 9.77. The number of fused-ring (bicyclic) bond motifs is 3. The molecule has 0 bridgehead atoms. The third-order valence-corrected chi connectivity index (χ3v) is 10.2. The van der Waals surface area contributed by atoms with E-state index in [1.54, 1.807) is 17.0 Å². The molecular formula is C23H20O2S3. The van der Waals surface area contributed by atoms with E-state index in [4.69, 9.17) is 0 Å². The standard InChI is InChI=1S/C23H20O2S3/c1-13-12-26-21-19(13)27-17-10-18(28-20(17)21)23(2)8-4-7-16(11-23)14-5-3-6-15(9-14)22(24)25/h3-10,13H,11-12H2,1-2H3,(H,24,25). The first-order valence-corrected chi connectivity index (χ1v) is 12.0. The lowest BCUT2D eigenvalue weighted by Crippen LogP contribution is -2.20. The first-order valence-electron chi connectivity index (χ1n) is 9.36. The Balaban J connectivity index is 1.50. The van der Waals surface area contributed by atoms with Gasteiger partial charge < -0.3 is 5.11 Å². The van der Waals surface area contributed by atoms with E-state index in [1.165, 1.54) is 30.5 Å². The number of carboxylic acid groups (broad SMARTS) is 1. The molecule has 28 heavy (non-hydrogen) atoms. The van der Waals surface area contributed by atoms with Crippen LogP contribution >= 0.6 is 34.4 Å². The first-order chi connectivity index (χ1) is 13.4. The molecule has 0 fully saturated rings. The maximum absolute atomic E-state index is 11.3. The number of hydrogen-bond donors (Lipinski definition) is 1. The Kier molecular flexibility index (Phi) is 4.30. The number of hydrogen-bond acceptors (Lipinski definition) is 4. The predicted molar refractivity (Wildman–Crippen MR) is 121 cm³/mol. The summed E-state index contributed by atoms with van der Waals surface area (Å²) in [6, 6.07) is 9.66. The van der Waals surface area contributed by atoms with E-state index in [-0.39, 0.29) is 5.41 Å². The summed E-state index contributed by atoms with van der Waals surface area (Å²) in [6.07, 6.45) is 7.42. The summed E-state index contributed by atoms with van der Waals surface area (Å²) in [7, 11) is 0. The first kappa shape index (κ1) is 18.2. The monoisotopic (exact) mass is 424 g/mol. The van der Waals surface area contributed by atoms with Crippen LogP contribution in [0.1, 0.15) is 51.9 Å². The van der Waals surface area contributed by atoms with Crippen molar-refractivity contribution in [1.29, 1.82) is 0 Å². The highest BCUT2D eigenvalue weighted by Crippen LogP contribution is 2.53. The van der Waals surface area contributed by atoms with Gasteiger partial charge in [0.15, 0.2) is 0 Å². The number of allylic oxidation sites excluding steroid dienone is 4. The average Bonchev–Trinajstić information content (AvgIpc) is 3.34. The van der Waals surface area contributed by atoms with Gasteiger partial charge in [-0.1, -0.05) is 44.2 Å². The molecular weight excluding hydrogens is 404 g/mol. The van der Waals surface area contributed by atoms with Gasteiger partial charge in [0, 0.05) is 36.4 Å². The Morgan fingerprint density at radius 2 is 2.11 bits per heavy atom. The number of thiophene rings is 2. The predicted octanol–water partition coefficient (Wildman–Crippen LogP) is 7.17. The second-order valence-electron chi connectivity index (χ2n) is 7.84. The number of thioether (sulfide) groups is 1. The highest BCUT2D eigenvalue weighted by atomic mass is 32.2. The summed E-state index contributed by atoms with van der Waals surface area (Å²) in [6.45, 7) is 4.62. The summed E-state index contributed by atoms with van der Waals surface area (Å²) in [5.41, 5.74) is 2.47. The molecule has 1 aliphatic carbocycles. The molecule has 2 unspecified atom stereocenters. The molecule has 0 saturated carbocycles. The number of benzene rings is 1. The summed E-state index contributed by atoms with van der Waals surface area (Å²) in [5.74, 6) is 0.999. The number of aromatic carboxylic acids is 1. The van der Waals surface area contributed by atoms with Crippen LogP contribution in [0.3, 0.4) is 0 Å². The molecule has 5 heteroatoms. The van der Waals surface area contributed by atoms with Crippen LogP contribution in [0.15, 0.2) is 53.5 Å². The Morgan fingerprint density at radius 1 is 1.25 bits per heavy atom. The molecule has 5 rings (SSSR count). The summed E-state index contributed by atoms with van der Waals surface area (Å²) in [5, 5.41) is 9.31. The fourth-order valence-corrected chi connectivity index (χ4v) is 8.57. The molecule has 142 valence electrons. The molecule has 0 radical (unpaired) electrons. The minimum Gasteiger partial charge on any atom is -0.478 e. The summed E-state index contributed by atoms with van der Waals surface area (Å²) >= 11 is 5.91. The van der Waals surface area contributed by atoms with Gasteiger partial charge in [0.1, 0.15) is 0 Å². The largest absolute Gasteiger partial charge is 0.478 e. The van der Waals surface area contributed by atoms with E-state index in [2.05, 4.69) is 38.1 Å². The maximum atomic E-state index is 11.3. The van der Waals surface area contributed by atoms with Gasteiger partial charge in [-0.2, -0.15) is 0 Å². The van der Waals surface area contributed by atoms with Crippen LogP contribution in [-0.2, 0) is 5.41 Å². The molecule has 1 aromatic carbocycles. The molecule has 0 spiro atoms. The molecule has 2 atom stereocenters. The number of carboxylic acids is 1. The van der Waals surface area contributed by atoms with Crippen LogP contribution in [0, 0.1) is 0 Å². The lowest BCUT2D eigenvalue weighted by molar-refractivity contribution is 0.0697. The van der Waals surface area contributed by atoms with Gasteiger partial charge in [-0.05, 0) is 35.8 Å². The van der Waals surface area contributed by atoms with Gasteiger partial charge in [-0.25, -0.2) is 4.79 Å². The van der Waals surface area contributed by atoms with Crippen molar-refractivity contribution in [3.05, 3.63) is 69.4 Å². The van der Waals surface area contributed by atoms with Gasteiger partial charge in [0.2, 0.25) is 0 Å². The smallest absolute Gasteiger partial charge is 0.335 e. The maximum Gasteiger partial charge on any atom is 0.335 e. The molecule has 3 heterocycles. The zero-order valence-corrected chi connectivity index (χ0v) is 18.1. The topological polar surface area (TPSA) is 37.3 Å². The molecule has 0 saturated heterocycles. The van der Waals surface area contributed by atoms with Crippen molar-refractivity contribution >= 4 is 55.4 Å². The van der Waals surface area contributed by atoms with E-state index in [0.717, 1.165) is 12.0 Å². The fourth-order valence-electron chi connectivity index (χ4n) is 4.02. The van der Waals surface area contributed by atoms with Crippen LogP contribution < -0.4 is 0 Å². The summed E-state index contributed by atoms with van der Waals surface area (Å²) < 4.78 is 2.88. The number of rotatable bonds is 3. The highest BCUT2D eigenvalue weighted by Gasteiger charge is 2.32.